The van der Waals surface area contributed by atoms with Gasteiger partial charge in [-0.25, -0.2) is 0 Å². The number of rotatable bonds is 10. The van der Waals surface area contributed by atoms with E-state index < -0.39 is 0 Å². The number of methoxy groups -OCH3 is 1. The highest BCUT2D eigenvalue weighted by molar-refractivity contribution is 7.99. The highest BCUT2D eigenvalue weighted by atomic mass is 32.2. The van der Waals surface area contributed by atoms with Gasteiger partial charge in [-0.05, 0) is 45.4 Å². The minimum Gasteiger partial charge on any atom is -0.379 e. The van der Waals surface area contributed by atoms with E-state index in [4.69, 9.17) is 4.74 Å². The van der Waals surface area contributed by atoms with Crippen molar-refractivity contribution in [3.63, 3.8) is 0 Å². The molecule has 0 aliphatic rings. The van der Waals surface area contributed by atoms with Crippen LogP contribution in [-0.2, 0) is 4.74 Å². The standard InChI is InChI=1S/C13H29NOS/c1-6-10-16-11-12(14-7-2)8-9-13(3,4)15-5/h12,14H,6-11H2,1-5H3. The van der Waals surface area contributed by atoms with Crippen LogP contribution in [0.3, 0.4) is 0 Å². The molecule has 1 N–H and O–H groups in total. The second kappa shape index (κ2) is 9.32. The molecule has 0 aromatic heterocycles. The smallest absolute Gasteiger partial charge is 0.0623 e. The highest BCUT2D eigenvalue weighted by Gasteiger charge is 2.18. The molecular weight excluding hydrogens is 218 g/mol. The third kappa shape index (κ3) is 8.43. The topological polar surface area (TPSA) is 21.3 Å². The predicted octanol–water partition coefficient (Wildman–Crippen LogP) is 3.31. The lowest BCUT2D eigenvalue weighted by atomic mass is 9.99. The highest BCUT2D eigenvalue weighted by Crippen LogP contribution is 2.18. The fourth-order valence-corrected chi connectivity index (χ4v) is 2.55. The van der Waals surface area contributed by atoms with Gasteiger partial charge in [0, 0.05) is 18.9 Å². The summed E-state index contributed by atoms with van der Waals surface area (Å²) >= 11 is 2.06. The summed E-state index contributed by atoms with van der Waals surface area (Å²) in [6.45, 7) is 9.80. The molecule has 0 saturated carbocycles. The van der Waals surface area contributed by atoms with Gasteiger partial charge in [0.2, 0.25) is 0 Å². The molecule has 0 aromatic rings. The molecule has 98 valence electrons. The summed E-state index contributed by atoms with van der Waals surface area (Å²) in [7, 11) is 1.80. The summed E-state index contributed by atoms with van der Waals surface area (Å²) in [6.07, 6.45) is 3.59. The van der Waals surface area contributed by atoms with E-state index in [1.165, 1.54) is 24.3 Å². The van der Waals surface area contributed by atoms with Gasteiger partial charge in [0.1, 0.15) is 0 Å². The molecule has 0 aromatic carbocycles. The lowest BCUT2D eigenvalue weighted by Gasteiger charge is -2.26. The van der Waals surface area contributed by atoms with Crippen LogP contribution in [0.5, 0.6) is 0 Å². The van der Waals surface area contributed by atoms with Crippen LogP contribution in [-0.4, -0.2) is 36.8 Å². The number of thioether (sulfide) groups is 1. The van der Waals surface area contributed by atoms with Crippen LogP contribution >= 0.6 is 11.8 Å². The Kier molecular flexibility index (Phi) is 9.47. The molecule has 1 atom stereocenters. The van der Waals surface area contributed by atoms with Crippen LogP contribution in [0.15, 0.2) is 0 Å². The van der Waals surface area contributed by atoms with E-state index in [1.54, 1.807) is 7.11 Å². The van der Waals surface area contributed by atoms with Gasteiger partial charge < -0.3 is 10.1 Å². The maximum absolute atomic E-state index is 5.46. The zero-order valence-corrected chi connectivity index (χ0v) is 12.5. The van der Waals surface area contributed by atoms with Gasteiger partial charge in [-0.2, -0.15) is 11.8 Å². The Morgan fingerprint density at radius 2 is 2.00 bits per heavy atom. The van der Waals surface area contributed by atoms with Crippen molar-refractivity contribution in [2.75, 3.05) is 25.2 Å². The van der Waals surface area contributed by atoms with Crippen molar-refractivity contribution in [1.82, 2.24) is 5.32 Å². The SMILES string of the molecule is CCCSCC(CCC(C)(C)OC)NCC. The minimum atomic E-state index is 0.0170. The van der Waals surface area contributed by atoms with Crippen LogP contribution in [0, 0.1) is 0 Å². The lowest BCUT2D eigenvalue weighted by molar-refractivity contribution is 0.0122. The summed E-state index contributed by atoms with van der Waals surface area (Å²) < 4.78 is 5.46. The molecule has 0 amide bonds. The molecule has 0 aliphatic carbocycles. The van der Waals surface area contributed by atoms with Gasteiger partial charge >= 0.3 is 0 Å². The quantitative estimate of drug-likeness (QED) is 0.598. The molecule has 0 rings (SSSR count). The molecule has 0 aliphatic heterocycles. The fourth-order valence-electron chi connectivity index (χ4n) is 1.53. The van der Waals surface area contributed by atoms with Crippen LogP contribution in [0.1, 0.15) is 47.0 Å². The van der Waals surface area contributed by atoms with Crippen molar-refractivity contribution in [1.29, 1.82) is 0 Å². The Balaban J connectivity index is 3.83. The van der Waals surface area contributed by atoms with Gasteiger partial charge in [-0.15, -0.1) is 0 Å². The molecule has 0 heterocycles. The number of hydrogen-bond donors (Lipinski definition) is 1. The van der Waals surface area contributed by atoms with Crippen molar-refractivity contribution in [3.8, 4) is 0 Å². The summed E-state index contributed by atoms with van der Waals surface area (Å²) in [4.78, 5) is 0. The average Bonchev–Trinajstić information content (AvgIpc) is 2.26. The van der Waals surface area contributed by atoms with Gasteiger partial charge in [0.15, 0.2) is 0 Å². The van der Waals surface area contributed by atoms with Crippen molar-refractivity contribution >= 4 is 11.8 Å². The molecule has 16 heavy (non-hydrogen) atoms. The summed E-state index contributed by atoms with van der Waals surface area (Å²) in [5, 5.41) is 3.56. The third-order valence-corrected chi connectivity index (χ3v) is 4.14. The zero-order chi connectivity index (χ0) is 12.4. The second-order valence-electron chi connectivity index (χ2n) is 4.83. The lowest BCUT2D eigenvalue weighted by Crippen LogP contribution is -2.34. The Hall–Kier alpha value is 0.270. The molecule has 0 fully saturated rings. The van der Waals surface area contributed by atoms with E-state index in [0.717, 1.165) is 13.0 Å². The van der Waals surface area contributed by atoms with Crippen molar-refractivity contribution in [2.45, 2.75) is 58.6 Å². The molecule has 3 heteroatoms. The van der Waals surface area contributed by atoms with E-state index in [9.17, 15) is 0 Å². The van der Waals surface area contributed by atoms with E-state index in [0.29, 0.717) is 6.04 Å². The first-order valence-electron chi connectivity index (χ1n) is 6.42. The number of hydrogen-bond acceptors (Lipinski definition) is 3. The van der Waals surface area contributed by atoms with E-state index >= 15 is 0 Å². The number of nitrogens with one attached hydrogen (secondary N) is 1. The Morgan fingerprint density at radius 3 is 2.50 bits per heavy atom. The van der Waals surface area contributed by atoms with Crippen LogP contribution in [0.25, 0.3) is 0 Å². The van der Waals surface area contributed by atoms with Crippen LogP contribution < -0.4 is 5.32 Å². The maximum Gasteiger partial charge on any atom is 0.0623 e. The first-order valence-corrected chi connectivity index (χ1v) is 7.57. The predicted molar refractivity (Wildman–Crippen MR) is 75.4 cm³/mol. The molecule has 0 radical (unpaired) electrons. The average molecular weight is 247 g/mol. The van der Waals surface area contributed by atoms with E-state index in [2.05, 4.69) is 44.8 Å². The largest absolute Gasteiger partial charge is 0.379 e. The molecule has 0 saturated heterocycles. The molecule has 0 spiro atoms. The zero-order valence-electron chi connectivity index (χ0n) is 11.6. The molecule has 2 nitrogen and oxygen atoms in total. The summed E-state index contributed by atoms with van der Waals surface area (Å²) in [5.74, 6) is 2.50. The first kappa shape index (κ1) is 16.3. The second-order valence-corrected chi connectivity index (χ2v) is 5.98. The van der Waals surface area contributed by atoms with Gasteiger partial charge in [-0.1, -0.05) is 13.8 Å². The normalized spacial score (nSPS) is 14.1. The van der Waals surface area contributed by atoms with Crippen LogP contribution in [0.2, 0.25) is 0 Å². The van der Waals surface area contributed by atoms with Crippen molar-refractivity contribution < 1.29 is 4.74 Å². The van der Waals surface area contributed by atoms with Gasteiger partial charge in [0.05, 0.1) is 5.60 Å². The minimum absolute atomic E-state index is 0.0170. The van der Waals surface area contributed by atoms with Gasteiger partial charge in [-0.3, -0.25) is 0 Å². The Labute approximate surface area is 106 Å². The first-order chi connectivity index (χ1) is 7.55. The monoisotopic (exact) mass is 247 g/mol. The van der Waals surface area contributed by atoms with Gasteiger partial charge in [0.25, 0.3) is 0 Å². The Bertz CT molecular complexity index is 162. The van der Waals surface area contributed by atoms with Crippen molar-refractivity contribution in [2.24, 2.45) is 0 Å². The third-order valence-electron chi connectivity index (χ3n) is 2.81. The Morgan fingerprint density at radius 1 is 1.31 bits per heavy atom. The molecule has 1 unspecified atom stereocenters. The van der Waals surface area contributed by atoms with E-state index in [1.807, 2.05) is 0 Å². The summed E-state index contributed by atoms with van der Waals surface area (Å²) in [6, 6.07) is 0.635. The maximum atomic E-state index is 5.46. The van der Waals surface area contributed by atoms with Crippen molar-refractivity contribution in [3.05, 3.63) is 0 Å². The molecular formula is C13H29NOS. The molecule has 0 bridgehead atoms. The number of ether oxygens (including phenoxy) is 1. The van der Waals surface area contributed by atoms with Crippen LogP contribution in [0.4, 0.5) is 0 Å². The fraction of sp³-hybridized carbons (Fsp3) is 1.00. The summed E-state index contributed by atoms with van der Waals surface area (Å²) in [5.41, 5.74) is 0.0170. The van der Waals surface area contributed by atoms with E-state index in [-0.39, 0.29) is 5.60 Å².